The van der Waals surface area contributed by atoms with Gasteiger partial charge in [-0.3, -0.25) is 0 Å². The molecule has 1 aromatic carbocycles. The first-order chi connectivity index (χ1) is 10.3. The topological polar surface area (TPSA) is 30.5 Å². The van der Waals surface area contributed by atoms with Crippen molar-refractivity contribution in [3.05, 3.63) is 23.8 Å². The van der Waals surface area contributed by atoms with E-state index in [0.717, 1.165) is 56.6 Å². The lowest BCUT2D eigenvalue weighted by Gasteiger charge is -2.13. The van der Waals surface area contributed by atoms with Gasteiger partial charge in [-0.25, -0.2) is 0 Å². The second-order valence-electron chi connectivity index (χ2n) is 6.01. The van der Waals surface area contributed by atoms with Crippen LogP contribution in [-0.2, 0) is 6.42 Å². The first kappa shape index (κ1) is 16.2. The van der Waals surface area contributed by atoms with Crippen LogP contribution in [0.3, 0.4) is 0 Å². The lowest BCUT2D eigenvalue weighted by atomic mass is 9.98. The highest BCUT2D eigenvalue weighted by Gasteiger charge is 2.11. The molecule has 0 aromatic heterocycles. The van der Waals surface area contributed by atoms with Crippen LogP contribution in [0.25, 0.3) is 0 Å². The van der Waals surface area contributed by atoms with E-state index >= 15 is 0 Å². The van der Waals surface area contributed by atoms with Crippen molar-refractivity contribution in [2.45, 2.75) is 46.0 Å². The Kier molecular flexibility index (Phi) is 6.87. The summed E-state index contributed by atoms with van der Waals surface area (Å²) in [5.41, 5.74) is 1.35. The number of ether oxygens (including phenoxy) is 2. The minimum atomic E-state index is 0.755. The zero-order valence-electron chi connectivity index (χ0n) is 13.5. The summed E-state index contributed by atoms with van der Waals surface area (Å²) in [6, 6.07) is 6.39. The normalized spacial score (nSPS) is 15.5. The van der Waals surface area contributed by atoms with E-state index in [4.69, 9.17) is 9.47 Å². The van der Waals surface area contributed by atoms with E-state index in [1.165, 1.54) is 24.8 Å². The molecule has 1 aliphatic rings. The molecule has 118 valence electrons. The average molecular weight is 291 g/mol. The molecular formula is C18H29NO2. The zero-order chi connectivity index (χ0) is 14.9. The molecule has 0 saturated heterocycles. The van der Waals surface area contributed by atoms with Crippen LogP contribution < -0.4 is 14.8 Å². The van der Waals surface area contributed by atoms with Crippen LogP contribution in [0, 0.1) is 5.92 Å². The van der Waals surface area contributed by atoms with Crippen LogP contribution in [-0.4, -0.2) is 26.3 Å². The Bertz CT molecular complexity index is 420. The molecule has 3 nitrogen and oxygen atoms in total. The van der Waals surface area contributed by atoms with Crippen LogP contribution >= 0.6 is 0 Å². The largest absolute Gasteiger partial charge is 0.490 e. The molecule has 0 bridgehead atoms. The number of hydrogen-bond acceptors (Lipinski definition) is 3. The molecule has 0 radical (unpaired) electrons. The van der Waals surface area contributed by atoms with E-state index in [2.05, 4.69) is 37.4 Å². The Hall–Kier alpha value is -1.22. The van der Waals surface area contributed by atoms with Gasteiger partial charge >= 0.3 is 0 Å². The van der Waals surface area contributed by atoms with E-state index in [0.29, 0.717) is 0 Å². The van der Waals surface area contributed by atoms with Gasteiger partial charge in [0.05, 0.1) is 13.2 Å². The quantitative estimate of drug-likeness (QED) is 0.739. The van der Waals surface area contributed by atoms with Gasteiger partial charge in [-0.05, 0) is 62.4 Å². The lowest BCUT2D eigenvalue weighted by molar-refractivity contribution is 0.297. The van der Waals surface area contributed by atoms with Crippen LogP contribution in [0.15, 0.2) is 18.2 Å². The van der Waals surface area contributed by atoms with E-state index < -0.39 is 0 Å². The van der Waals surface area contributed by atoms with Gasteiger partial charge in [0.25, 0.3) is 0 Å². The lowest BCUT2D eigenvalue weighted by Crippen LogP contribution is -2.18. The molecule has 3 heteroatoms. The SMILES string of the molecule is CCCNCCC(C)CCc1ccc2c(c1)OCCCO2. The summed E-state index contributed by atoms with van der Waals surface area (Å²) >= 11 is 0. The molecule has 1 aliphatic heterocycles. The van der Waals surface area contributed by atoms with Gasteiger partial charge in [-0.2, -0.15) is 0 Å². The third-order valence-corrected chi connectivity index (χ3v) is 3.98. The smallest absolute Gasteiger partial charge is 0.161 e. The monoisotopic (exact) mass is 291 g/mol. The van der Waals surface area contributed by atoms with E-state index in [1.807, 2.05) is 0 Å². The minimum absolute atomic E-state index is 0.755. The minimum Gasteiger partial charge on any atom is -0.490 e. The van der Waals surface area contributed by atoms with Crippen LogP contribution in [0.5, 0.6) is 11.5 Å². The summed E-state index contributed by atoms with van der Waals surface area (Å²) in [4.78, 5) is 0. The maximum Gasteiger partial charge on any atom is 0.161 e. The van der Waals surface area contributed by atoms with Crippen molar-refractivity contribution in [1.82, 2.24) is 5.32 Å². The summed E-state index contributed by atoms with van der Waals surface area (Å²) in [5, 5.41) is 3.48. The number of nitrogens with one attached hydrogen (secondary N) is 1. The first-order valence-corrected chi connectivity index (χ1v) is 8.39. The fraction of sp³-hybridized carbons (Fsp3) is 0.667. The van der Waals surface area contributed by atoms with Gasteiger partial charge in [0.15, 0.2) is 11.5 Å². The second-order valence-corrected chi connectivity index (χ2v) is 6.01. The highest BCUT2D eigenvalue weighted by atomic mass is 16.5. The predicted octanol–water partition coefficient (Wildman–Crippen LogP) is 3.81. The third kappa shape index (κ3) is 5.58. The second kappa shape index (κ2) is 8.93. The summed E-state index contributed by atoms with van der Waals surface area (Å²) in [5.74, 6) is 2.57. The standard InChI is InChI=1S/C18H29NO2/c1-3-10-19-11-9-15(2)5-6-16-7-8-17-18(14-16)21-13-4-12-20-17/h7-8,14-15,19H,3-6,9-13H2,1-2H3. The Labute approximate surface area is 129 Å². The highest BCUT2D eigenvalue weighted by Crippen LogP contribution is 2.31. The molecular weight excluding hydrogens is 262 g/mol. The molecule has 0 aliphatic carbocycles. The van der Waals surface area contributed by atoms with Crippen LogP contribution in [0.1, 0.15) is 45.1 Å². The zero-order valence-corrected chi connectivity index (χ0v) is 13.5. The molecule has 0 spiro atoms. The van der Waals surface area contributed by atoms with E-state index in [1.54, 1.807) is 0 Å². The van der Waals surface area contributed by atoms with Crippen molar-refractivity contribution in [3.63, 3.8) is 0 Å². The maximum atomic E-state index is 5.75. The van der Waals surface area contributed by atoms with Gasteiger partial charge in [-0.1, -0.05) is 19.9 Å². The van der Waals surface area contributed by atoms with Gasteiger partial charge in [-0.15, -0.1) is 0 Å². The first-order valence-electron chi connectivity index (χ1n) is 8.39. The van der Waals surface area contributed by atoms with Crippen molar-refractivity contribution >= 4 is 0 Å². The Morgan fingerprint density at radius 2 is 1.90 bits per heavy atom. The summed E-state index contributed by atoms with van der Waals surface area (Å²) in [6.45, 7) is 8.34. The van der Waals surface area contributed by atoms with E-state index in [-0.39, 0.29) is 0 Å². The molecule has 0 saturated carbocycles. The van der Waals surface area contributed by atoms with Gasteiger partial charge < -0.3 is 14.8 Å². The maximum absolute atomic E-state index is 5.75. The number of benzene rings is 1. The van der Waals surface area contributed by atoms with Gasteiger partial charge in [0.1, 0.15) is 0 Å². The van der Waals surface area contributed by atoms with Crippen molar-refractivity contribution in [1.29, 1.82) is 0 Å². The van der Waals surface area contributed by atoms with Crippen LogP contribution in [0.4, 0.5) is 0 Å². The van der Waals surface area contributed by atoms with Crippen molar-refractivity contribution < 1.29 is 9.47 Å². The fourth-order valence-corrected chi connectivity index (χ4v) is 2.57. The van der Waals surface area contributed by atoms with Crippen molar-refractivity contribution in [2.24, 2.45) is 5.92 Å². The van der Waals surface area contributed by atoms with Crippen LogP contribution in [0.2, 0.25) is 0 Å². The van der Waals surface area contributed by atoms with Crippen molar-refractivity contribution in [2.75, 3.05) is 26.3 Å². The molecule has 1 unspecified atom stereocenters. The van der Waals surface area contributed by atoms with Gasteiger partial charge in [0, 0.05) is 6.42 Å². The summed E-state index contributed by atoms with van der Waals surface area (Å²) < 4.78 is 11.4. The Morgan fingerprint density at radius 1 is 1.10 bits per heavy atom. The number of rotatable bonds is 8. The molecule has 1 heterocycles. The number of fused-ring (bicyclic) bond motifs is 1. The average Bonchev–Trinajstić information content (AvgIpc) is 2.74. The molecule has 0 amide bonds. The summed E-state index contributed by atoms with van der Waals surface area (Å²) in [7, 11) is 0. The number of hydrogen-bond donors (Lipinski definition) is 1. The highest BCUT2D eigenvalue weighted by molar-refractivity contribution is 5.43. The predicted molar refractivity (Wildman–Crippen MR) is 87.3 cm³/mol. The Balaban J connectivity index is 1.76. The van der Waals surface area contributed by atoms with Gasteiger partial charge in [0.2, 0.25) is 0 Å². The third-order valence-electron chi connectivity index (χ3n) is 3.98. The molecule has 1 N–H and O–H groups in total. The van der Waals surface area contributed by atoms with E-state index in [9.17, 15) is 0 Å². The molecule has 2 rings (SSSR count). The molecule has 1 atom stereocenters. The molecule has 1 aromatic rings. The fourth-order valence-electron chi connectivity index (χ4n) is 2.57. The molecule has 21 heavy (non-hydrogen) atoms. The molecule has 0 fully saturated rings. The van der Waals surface area contributed by atoms with Crippen molar-refractivity contribution in [3.8, 4) is 11.5 Å². The number of aryl methyl sites for hydroxylation is 1. The Morgan fingerprint density at radius 3 is 2.71 bits per heavy atom. The summed E-state index contributed by atoms with van der Waals surface area (Å²) in [6.07, 6.45) is 5.78.